The zero-order chi connectivity index (χ0) is 11.7. The molecule has 0 saturated carbocycles. The quantitative estimate of drug-likeness (QED) is 0.796. The van der Waals surface area contributed by atoms with Crippen LogP contribution in [0.4, 0.5) is 0 Å². The van der Waals surface area contributed by atoms with Crippen molar-refractivity contribution in [2.24, 2.45) is 5.73 Å². The number of thiocarbonyl (C=S) groups is 1. The largest absolute Gasteiger partial charge is 0.432 e. The van der Waals surface area contributed by atoms with Gasteiger partial charge in [-0.25, -0.2) is 0 Å². The van der Waals surface area contributed by atoms with E-state index in [2.05, 4.69) is 6.07 Å². The lowest BCUT2D eigenvalue weighted by molar-refractivity contribution is 0.449. The summed E-state index contributed by atoms with van der Waals surface area (Å²) in [5, 5.41) is 0.464. The van der Waals surface area contributed by atoms with Gasteiger partial charge in [-0.15, -0.1) is 12.4 Å². The van der Waals surface area contributed by atoms with Crippen LogP contribution in [0.5, 0.6) is 5.75 Å². The van der Waals surface area contributed by atoms with Crippen LogP contribution in [0.2, 0.25) is 0 Å². The molecule has 1 aromatic rings. The molecule has 2 N–H and O–H groups in total. The number of ether oxygens (including phenoxy) is 1. The zero-order valence-corrected chi connectivity index (χ0v) is 11.6. The van der Waals surface area contributed by atoms with Crippen molar-refractivity contribution in [2.45, 2.75) is 18.9 Å². The van der Waals surface area contributed by atoms with Crippen LogP contribution in [-0.4, -0.2) is 24.2 Å². The molecule has 3 nitrogen and oxygen atoms in total. The molecular formula is C12H17ClN2OS. The Morgan fingerprint density at radius 2 is 2.18 bits per heavy atom. The molecule has 2 rings (SSSR count). The van der Waals surface area contributed by atoms with Gasteiger partial charge in [0, 0.05) is 20.1 Å². The minimum atomic E-state index is 0. The number of halogens is 1. The molecule has 1 aliphatic rings. The fraction of sp³-hybridized carbons (Fsp3) is 0.417. The van der Waals surface area contributed by atoms with E-state index in [1.54, 1.807) is 4.90 Å². The molecule has 1 atom stereocenters. The van der Waals surface area contributed by atoms with Crippen molar-refractivity contribution in [3.8, 4) is 5.75 Å². The van der Waals surface area contributed by atoms with Gasteiger partial charge in [-0.05, 0) is 48.3 Å². The van der Waals surface area contributed by atoms with E-state index in [4.69, 9.17) is 22.7 Å². The first-order valence-corrected chi connectivity index (χ1v) is 5.76. The standard InChI is InChI=1S/C12H16N2OS.ClH/c1-14(2)12(16)15-9-5-3-8-4-6-11(13)10(8)7-9;/h3,5,7,11H,4,6,13H2,1-2H3;1H. The first-order chi connectivity index (χ1) is 7.58. The van der Waals surface area contributed by atoms with Gasteiger partial charge in [-0.2, -0.15) is 0 Å². The van der Waals surface area contributed by atoms with Crippen molar-refractivity contribution in [1.29, 1.82) is 0 Å². The first-order valence-electron chi connectivity index (χ1n) is 5.35. The fourth-order valence-electron chi connectivity index (χ4n) is 1.87. The molecule has 1 aromatic carbocycles. The number of benzene rings is 1. The highest BCUT2D eigenvalue weighted by Crippen LogP contribution is 2.32. The summed E-state index contributed by atoms with van der Waals surface area (Å²) < 4.78 is 5.55. The van der Waals surface area contributed by atoms with E-state index in [0.717, 1.165) is 18.6 Å². The molecule has 1 aliphatic carbocycles. The summed E-state index contributed by atoms with van der Waals surface area (Å²) >= 11 is 5.09. The average molecular weight is 273 g/mol. The van der Waals surface area contributed by atoms with E-state index in [9.17, 15) is 0 Å². The summed E-state index contributed by atoms with van der Waals surface area (Å²) in [5.74, 6) is 0.773. The normalized spacial score (nSPS) is 17.0. The Balaban J connectivity index is 0.00000144. The van der Waals surface area contributed by atoms with Crippen LogP contribution in [0.1, 0.15) is 23.6 Å². The van der Waals surface area contributed by atoms with Crippen molar-refractivity contribution in [1.82, 2.24) is 4.90 Å². The number of hydrogen-bond donors (Lipinski definition) is 1. The van der Waals surface area contributed by atoms with Crippen LogP contribution >= 0.6 is 24.6 Å². The van der Waals surface area contributed by atoms with Crippen molar-refractivity contribution < 1.29 is 4.74 Å². The summed E-state index contributed by atoms with van der Waals surface area (Å²) in [6.45, 7) is 0. The summed E-state index contributed by atoms with van der Waals surface area (Å²) in [6, 6.07) is 6.18. The first kappa shape index (κ1) is 14.2. The maximum atomic E-state index is 6.01. The molecule has 0 spiro atoms. The highest BCUT2D eigenvalue weighted by molar-refractivity contribution is 7.80. The fourth-order valence-corrected chi connectivity index (χ4v) is 1.96. The van der Waals surface area contributed by atoms with Crippen LogP contribution in [0.3, 0.4) is 0 Å². The van der Waals surface area contributed by atoms with Crippen LogP contribution < -0.4 is 10.5 Å². The van der Waals surface area contributed by atoms with Gasteiger partial charge in [0.2, 0.25) is 0 Å². The van der Waals surface area contributed by atoms with Gasteiger partial charge in [0.15, 0.2) is 0 Å². The lowest BCUT2D eigenvalue weighted by atomic mass is 10.1. The number of aryl methyl sites for hydroxylation is 1. The van der Waals surface area contributed by atoms with Gasteiger partial charge < -0.3 is 15.4 Å². The van der Waals surface area contributed by atoms with Gasteiger partial charge in [-0.3, -0.25) is 0 Å². The van der Waals surface area contributed by atoms with Gasteiger partial charge in [0.1, 0.15) is 5.75 Å². The number of nitrogens with two attached hydrogens (primary N) is 1. The molecule has 0 heterocycles. The Kier molecular flexibility index (Phi) is 4.74. The lowest BCUT2D eigenvalue weighted by Crippen LogP contribution is -2.25. The Bertz CT molecular complexity index is 423. The highest BCUT2D eigenvalue weighted by Gasteiger charge is 2.19. The minimum absolute atomic E-state index is 0. The average Bonchev–Trinajstić information content (AvgIpc) is 2.60. The molecule has 0 fully saturated rings. The lowest BCUT2D eigenvalue weighted by Gasteiger charge is -2.15. The summed E-state index contributed by atoms with van der Waals surface area (Å²) in [5.41, 5.74) is 8.53. The molecular weight excluding hydrogens is 256 g/mol. The molecule has 5 heteroatoms. The molecule has 0 saturated heterocycles. The van der Waals surface area contributed by atoms with Gasteiger partial charge in [-0.1, -0.05) is 6.07 Å². The van der Waals surface area contributed by atoms with Crippen LogP contribution in [0, 0.1) is 0 Å². The summed E-state index contributed by atoms with van der Waals surface area (Å²) in [7, 11) is 3.73. The van der Waals surface area contributed by atoms with E-state index in [-0.39, 0.29) is 18.4 Å². The second-order valence-electron chi connectivity index (χ2n) is 4.27. The molecule has 17 heavy (non-hydrogen) atoms. The topological polar surface area (TPSA) is 38.5 Å². The SMILES string of the molecule is CN(C)C(=S)Oc1ccc2c(c1)C(N)CC2.Cl. The number of nitrogens with zero attached hydrogens (tertiary/aromatic N) is 1. The predicted molar refractivity (Wildman–Crippen MR) is 75.9 cm³/mol. The Hall–Kier alpha value is -0.840. The maximum absolute atomic E-state index is 6.01. The molecule has 0 bridgehead atoms. The third-order valence-electron chi connectivity index (χ3n) is 2.81. The van der Waals surface area contributed by atoms with Crippen molar-refractivity contribution in [3.63, 3.8) is 0 Å². The molecule has 94 valence electrons. The Labute approximate surface area is 113 Å². The van der Waals surface area contributed by atoms with E-state index in [1.807, 2.05) is 26.2 Å². The molecule has 1 unspecified atom stereocenters. The van der Waals surface area contributed by atoms with Crippen LogP contribution in [-0.2, 0) is 6.42 Å². The van der Waals surface area contributed by atoms with Gasteiger partial charge in [0.25, 0.3) is 5.17 Å². The maximum Gasteiger partial charge on any atom is 0.264 e. The van der Waals surface area contributed by atoms with Gasteiger partial charge >= 0.3 is 0 Å². The van der Waals surface area contributed by atoms with E-state index in [1.165, 1.54) is 11.1 Å². The smallest absolute Gasteiger partial charge is 0.264 e. The molecule has 0 aliphatic heterocycles. The van der Waals surface area contributed by atoms with Crippen LogP contribution in [0.15, 0.2) is 18.2 Å². The van der Waals surface area contributed by atoms with E-state index in [0.29, 0.717) is 5.17 Å². The minimum Gasteiger partial charge on any atom is -0.432 e. The predicted octanol–water partition coefficient (Wildman–Crippen LogP) is 2.28. The summed E-state index contributed by atoms with van der Waals surface area (Å²) in [6.07, 6.45) is 2.09. The van der Waals surface area contributed by atoms with E-state index >= 15 is 0 Å². The second kappa shape index (κ2) is 5.67. The van der Waals surface area contributed by atoms with Crippen molar-refractivity contribution in [3.05, 3.63) is 29.3 Å². The van der Waals surface area contributed by atoms with Crippen LogP contribution in [0.25, 0.3) is 0 Å². The zero-order valence-electron chi connectivity index (χ0n) is 9.97. The third-order valence-corrected chi connectivity index (χ3v) is 3.26. The number of rotatable bonds is 1. The molecule has 0 aromatic heterocycles. The highest BCUT2D eigenvalue weighted by atomic mass is 35.5. The molecule has 0 amide bonds. The van der Waals surface area contributed by atoms with Gasteiger partial charge in [0.05, 0.1) is 0 Å². The Morgan fingerprint density at radius 3 is 2.82 bits per heavy atom. The number of fused-ring (bicyclic) bond motifs is 1. The van der Waals surface area contributed by atoms with Crippen molar-refractivity contribution in [2.75, 3.05) is 14.1 Å². The Morgan fingerprint density at radius 1 is 1.47 bits per heavy atom. The monoisotopic (exact) mass is 272 g/mol. The second-order valence-corrected chi connectivity index (χ2v) is 4.62. The van der Waals surface area contributed by atoms with E-state index < -0.39 is 0 Å². The summed E-state index contributed by atoms with van der Waals surface area (Å²) in [4.78, 5) is 1.77. The third kappa shape index (κ3) is 3.09. The number of hydrogen-bond acceptors (Lipinski definition) is 3. The molecule has 0 radical (unpaired) electrons. The van der Waals surface area contributed by atoms with Crippen molar-refractivity contribution >= 4 is 29.8 Å².